The van der Waals surface area contributed by atoms with Crippen LogP contribution in [0.3, 0.4) is 0 Å². The number of allylic oxidation sites excluding steroid dienone is 1. The maximum Gasteiger partial charge on any atom is 0.135 e. The molecule has 0 bridgehead atoms. The van der Waals surface area contributed by atoms with Crippen LogP contribution in [-0.2, 0) is 4.79 Å². The van der Waals surface area contributed by atoms with Gasteiger partial charge < -0.3 is 0 Å². The van der Waals surface area contributed by atoms with Crippen molar-refractivity contribution in [1.82, 2.24) is 0 Å². The highest BCUT2D eigenvalue weighted by atomic mass is 16.1. The van der Waals surface area contributed by atoms with E-state index < -0.39 is 0 Å². The third-order valence-electron chi connectivity index (χ3n) is 3.26. The van der Waals surface area contributed by atoms with Gasteiger partial charge in [0, 0.05) is 12.3 Å². The molecule has 1 unspecified atom stereocenters. The molecule has 0 fully saturated rings. The van der Waals surface area contributed by atoms with Crippen molar-refractivity contribution in [3.05, 3.63) is 12.2 Å². The lowest BCUT2D eigenvalue weighted by molar-refractivity contribution is -0.122. The summed E-state index contributed by atoms with van der Waals surface area (Å²) in [6.45, 7) is 12.3. The maximum absolute atomic E-state index is 11.3. The van der Waals surface area contributed by atoms with Gasteiger partial charge in [-0.1, -0.05) is 45.8 Å². The lowest BCUT2D eigenvalue weighted by Gasteiger charge is -2.12. The molecule has 0 N–H and O–H groups in total. The molecule has 0 heterocycles. The third-order valence-corrected chi connectivity index (χ3v) is 3.26. The van der Waals surface area contributed by atoms with Crippen molar-refractivity contribution in [1.29, 1.82) is 0 Å². The van der Waals surface area contributed by atoms with Crippen molar-refractivity contribution in [2.45, 2.75) is 59.8 Å². The van der Waals surface area contributed by atoms with Gasteiger partial charge in [-0.15, -0.1) is 0 Å². The van der Waals surface area contributed by atoms with E-state index >= 15 is 0 Å². The molecule has 2 atom stereocenters. The van der Waals surface area contributed by atoms with Crippen molar-refractivity contribution in [3.63, 3.8) is 0 Å². The standard InChI is InChI=1S/C14H26O/c1-6-14(15)13(5)10-8-7-9-12(4)11(2)3/h12-13H,2,6-10H2,1,3-5H3/t12-,13?/m0/s1. The summed E-state index contributed by atoms with van der Waals surface area (Å²) >= 11 is 0. The number of Topliss-reactive ketones (excluding diaryl/α,β-unsaturated/α-hetero) is 1. The number of unbranched alkanes of at least 4 members (excludes halogenated alkanes) is 1. The summed E-state index contributed by atoms with van der Waals surface area (Å²) < 4.78 is 0. The Hall–Kier alpha value is -0.590. The number of ketones is 1. The van der Waals surface area contributed by atoms with Crippen LogP contribution >= 0.6 is 0 Å². The zero-order valence-electron chi connectivity index (χ0n) is 10.8. The number of rotatable bonds is 8. The summed E-state index contributed by atoms with van der Waals surface area (Å²) in [4.78, 5) is 11.3. The van der Waals surface area contributed by atoms with E-state index in [1.165, 1.54) is 24.8 Å². The fourth-order valence-corrected chi connectivity index (χ4v) is 1.66. The summed E-state index contributed by atoms with van der Waals surface area (Å²) in [7, 11) is 0. The molecule has 0 radical (unpaired) electrons. The predicted octanol–water partition coefficient (Wildman–Crippen LogP) is 4.37. The van der Waals surface area contributed by atoms with Gasteiger partial charge in [0.1, 0.15) is 5.78 Å². The number of hydrogen-bond donors (Lipinski definition) is 0. The molecule has 1 heteroatoms. The zero-order valence-corrected chi connectivity index (χ0v) is 10.8. The molecule has 0 aliphatic heterocycles. The summed E-state index contributed by atoms with van der Waals surface area (Å²) in [6, 6.07) is 0. The fourth-order valence-electron chi connectivity index (χ4n) is 1.66. The summed E-state index contributed by atoms with van der Waals surface area (Å²) in [6.07, 6.45) is 5.33. The Kier molecular flexibility index (Phi) is 7.37. The monoisotopic (exact) mass is 210 g/mol. The molecule has 0 aromatic carbocycles. The van der Waals surface area contributed by atoms with E-state index in [4.69, 9.17) is 0 Å². The van der Waals surface area contributed by atoms with E-state index in [2.05, 4.69) is 20.4 Å². The molecule has 1 nitrogen and oxygen atoms in total. The molecular weight excluding hydrogens is 184 g/mol. The van der Waals surface area contributed by atoms with Crippen molar-refractivity contribution >= 4 is 5.78 Å². The van der Waals surface area contributed by atoms with E-state index in [-0.39, 0.29) is 5.92 Å². The first-order valence-corrected chi connectivity index (χ1v) is 6.17. The van der Waals surface area contributed by atoms with E-state index in [0.717, 1.165) is 6.42 Å². The first kappa shape index (κ1) is 14.4. The second-order valence-electron chi connectivity index (χ2n) is 4.75. The highest BCUT2D eigenvalue weighted by molar-refractivity contribution is 5.80. The largest absolute Gasteiger partial charge is 0.299 e. The van der Waals surface area contributed by atoms with Crippen molar-refractivity contribution < 1.29 is 4.79 Å². The van der Waals surface area contributed by atoms with Crippen molar-refractivity contribution in [2.75, 3.05) is 0 Å². The van der Waals surface area contributed by atoms with E-state index in [1.807, 2.05) is 13.8 Å². The van der Waals surface area contributed by atoms with Crippen molar-refractivity contribution in [3.8, 4) is 0 Å². The molecule has 0 aromatic rings. The number of carbonyl (C=O) groups is 1. The van der Waals surface area contributed by atoms with Crippen LogP contribution < -0.4 is 0 Å². The second-order valence-corrected chi connectivity index (χ2v) is 4.75. The molecule has 0 amide bonds. The minimum atomic E-state index is 0.259. The van der Waals surface area contributed by atoms with E-state index in [1.54, 1.807) is 0 Å². The number of carbonyl (C=O) groups excluding carboxylic acids is 1. The minimum Gasteiger partial charge on any atom is -0.299 e. The van der Waals surface area contributed by atoms with Gasteiger partial charge in [-0.25, -0.2) is 0 Å². The predicted molar refractivity (Wildman–Crippen MR) is 66.9 cm³/mol. The van der Waals surface area contributed by atoms with Gasteiger partial charge >= 0.3 is 0 Å². The highest BCUT2D eigenvalue weighted by Gasteiger charge is 2.10. The number of hydrogen-bond acceptors (Lipinski definition) is 1. The van der Waals surface area contributed by atoms with Gasteiger partial charge in [0.25, 0.3) is 0 Å². The van der Waals surface area contributed by atoms with Gasteiger partial charge in [0.2, 0.25) is 0 Å². The lowest BCUT2D eigenvalue weighted by Crippen LogP contribution is -2.09. The van der Waals surface area contributed by atoms with Crippen LogP contribution in [-0.4, -0.2) is 5.78 Å². The summed E-state index contributed by atoms with van der Waals surface area (Å²) in [5.41, 5.74) is 1.27. The molecular formula is C14H26O. The Morgan fingerprint density at radius 2 is 1.60 bits per heavy atom. The summed E-state index contributed by atoms with van der Waals surface area (Å²) in [5.74, 6) is 1.29. The zero-order chi connectivity index (χ0) is 11.8. The highest BCUT2D eigenvalue weighted by Crippen LogP contribution is 2.18. The topological polar surface area (TPSA) is 17.1 Å². The molecule has 15 heavy (non-hydrogen) atoms. The fraction of sp³-hybridized carbons (Fsp3) is 0.786. The van der Waals surface area contributed by atoms with Gasteiger partial charge in [-0.05, 0) is 25.7 Å². The van der Waals surface area contributed by atoms with Crippen LogP contribution in [0, 0.1) is 11.8 Å². The van der Waals surface area contributed by atoms with Crippen LogP contribution in [0.2, 0.25) is 0 Å². The van der Waals surface area contributed by atoms with Crippen LogP contribution in [0.5, 0.6) is 0 Å². The first-order valence-electron chi connectivity index (χ1n) is 6.17. The Morgan fingerprint density at radius 3 is 2.00 bits per heavy atom. The van der Waals surface area contributed by atoms with Crippen LogP contribution in [0.4, 0.5) is 0 Å². The molecule has 0 aliphatic carbocycles. The Balaban J connectivity index is 3.54. The third kappa shape index (κ3) is 6.48. The van der Waals surface area contributed by atoms with Gasteiger partial charge in [0.05, 0.1) is 0 Å². The van der Waals surface area contributed by atoms with Crippen molar-refractivity contribution in [2.24, 2.45) is 11.8 Å². The summed E-state index contributed by atoms with van der Waals surface area (Å²) in [5, 5.41) is 0. The Labute approximate surface area is 95.0 Å². The second kappa shape index (κ2) is 7.67. The van der Waals surface area contributed by atoms with E-state index in [9.17, 15) is 4.79 Å². The minimum absolute atomic E-state index is 0.259. The maximum atomic E-state index is 11.3. The average Bonchev–Trinajstić information content (AvgIpc) is 2.22. The van der Waals surface area contributed by atoms with Gasteiger partial charge in [-0.2, -0.15) is 0 Å². The Morgan fingerprint density at radius 1 is 1.13 bits per heavy atom. The lowest BCUT2D eigenvalue weighted by atomic mass is 9.93. The van der Waals surface area contributed by atoms with Crippen LogP contribution in [0.1, 0.15) is 59.8 Å². The van der Waals surface area contributed by atoms with E-state index in [0.29, 0.717) is 18.1 Å². The van der Waals surface area contributed by atoms with Crippen LogP contribution in [0.25, 0.3) is 0 Å². The molecule has 0 spiro atoms. The molecule has 88 valence electrons. The SMILES string of the molecule is C=C(C)[C@@H](C)CCCCC(C)C(=O)CC. The molecule has 0 aromatic heterocycles. The van der Waals surface area contributed by atoms with Gasteiger partial charge in [0.15, 0.2) is 0 Å². The molecule has 0 rings (SSSR count). The van der Waals surface area contributed by atoms with Gasteiger partial charge in [-0.3, -0.25) is 4.79 Å². The average molecular weight is 210 g/mol. The smallest absolute Gasteiger partial charge is 0.135 e. The normalized spacial score (nSPS) is 14.7. The Bertz CT molecular complexity index is 205. The molecule has 0 aliphatic rings. The molecule has 0 saturated heterocycles. The van der Waals surface area contributed by atoms with Crippen LogP contribution in [0.15, 0.2) is 12.2 Å². The quantitative estimate of drug-likeness (QED) is 0.429. The first-order chi connectivity index (χ1) is 6.99. The molecule has 0 saturated carbocycles.